The van der Waals surface area contributed by atoms with E-state index in [0.717, 1.165) is 5.69 Å². The molecule has 0 radical (unpaired) electrons. The van der Waals surface area contributed by atoms with Crippen molar-refractivity contribution < 1.29 is 28.7 Å². The van der Waals surface area contributed by atoms with Gasteiger partial charge in [0.25, 0.3) is 0 Å². The maximum absolute atomic E-state index is 13.3. The third-order valence-electron chi connectivity index (χ3n) is 4.12. The third-order valence-corrected chi connectivity index (χ3v) is 4.12. The van der Waals surface area contributed by atoms with Crippen molar-refractivity contribution in [2.45, 2.75) is 13.8 Å². The number of carbonyl (C=O) groups is 2. The quantitative estimate of drug-likeness (QED) is 0.125. The van der Waals surface area contributed by atoms with Gasteiger partial charge in [0.05, 0.1) is 13.2 Å². The molecule has 1 aromatic heterocycles. The van der Waals surface area contributed by atoms with Gasteiger partial charge in [-0.3, -0.25) is 0 Å². The molecule has 30 heavy (non-hydrogen) atoms. The molecule has 0 atom stereocenters. The highest BCUT2D eigenvalue weighted by Crippen LogP contribution is 2.18. The zero-order valence-corrected chi connectivity index (χ0v) is 17.6. The lowest BCUT2D eigenvalue weighted by molar-refractivity contribution is -0.579. The summed E-state index contributed by atoms with van der Waals surface area (Å²) in [5.41, 5.74) is 1.01. The van der Waals surface area contributed by atoms with Gasteiger partial charge in [0.1, 0.15) is 5.69 Å². The van der Waals surface area contributed by atoms with Crippen LogP contribution in [0.3, 0.4) is 0 Å². The first kappa shape index (κ1) is 22.7. The lowest BCUT2D eigenvalue weighted by Gasteiger charge is -2.16. The van der Waals surface area contributed by atoms with Crippen LogP contribution in [0.25, 0.3) is 11.5 Å². The van der Waals surface area contributed by atoms with Gasteiger partial charge in [-0.25, -0.2) is 9.59 Å². The van der Waals surface area contributed by atoms with Gasteiger partial charge in [-0.05, 0) is 31.2 Å². The number of rotatable bonds is 8. The molecule has 0 amide bonds. The summed E-state index contributed by atoms with van der Waals surface area (Å²) in [6.45, 7) is 3.44. The van der Waals surface area contributed by atoms with E-state index in [9.17, 15) is 14.7 Å². The fraction of sp³-hybridized carbons (Fsp3) is 0.261. The molecule has 0 aliphatic carbocycles. The van der Waals surface area contributed by atoms with Crippen LogP contribution in [0.4, 0.5) is 5.69 Å². The number of aromatic nitrogens is 1. The van der Waals surface area contributed by atoms with Crippen LogP contribution in [0, 0.1) is 0 Å². The molecule has 158 valence electrons. The Balaban J connectivity index is 2.74. The van der Waals surface area contributed by atoms with Crippen LogP contribution >= 0.6 is 0 Å². The molecular formula is C23H26N2O5. The standard InChI is InChI=1S/C23H26N2O5/c1-5-29-22(27)19(23(28)30-6-2)15-20(21(26)17-11-8-7-9-12-17)25-14-10-13-18(16-25)24(3)4/h7-16H,5-6H2,1-4H3. The monoisotopic (exact) mass is 410 g/mol. The SMILES string of the molecule is CCOC(=O)C(=C/C(=C(/[O-])c1ccccc1)[n+]1cccc(N(C)C)c1)C(=O)OCC. The number of carbonyl (C=O) groups excluding carboxylic acids is 2. The zero-order valence-electron chi connectivity index (χ0n) is 17.6. The van der Waals surface area contributed by atoms with E-state index in [0.29, 0.717) is 5.56 Å². The van der Waals surface area contributed by atoms with E-state index in [1.165, 1.54) is 6.08 Å². The molecule has 1 aromatic carbocycles. The van der Waals surface area contributed by atoms with Crippen LogP contribution in [0.5, 0.6) is 0 Å². The van der Waals surface area contributed by atoms with Crippen molar-refractivity contribution in [3.05, 3.63) is 72.1 Å². The number of benzene rings is 1. The van der Waals surface area contributed by atoms with Crippen molar-refractivity contribution in [1.29, 1.82) is 0 Å². The van der Waals surface area contributed by atoms with E-state index in [1.807, 2.05) is 25.1 Å². The molecule has 2 aromatic rings. The first-order valence-electron chi connectivity index (χ1n) is 9.60. The highest BCUT2D eigenvalue weighted by atomic mass is 16.6. The lowest BCUT2D eigenvalue weighted by atomic mass is 10.1. The van der Waals surface area contributed by atoms with Crippen LogP contribution < -0.4 is 14.6 Å². The lowest BCUT2D eigenvalue weighted by Crippen LogP contribution is -2.35. The maximum Gasteiger partial charge on any atom is 0.345 e. The average Bonchev–Trinajstić information content (AvgIpc) is 2.75. The molecule has 0 saturated carbocycles. The van der Waals surface area contributed by atoms with Gasteiger partial charge in [-0.15, -0.1) is 0 Å². The molecule has 1 heterocycles. The minimum Gasteiger partial charge on any atom is -0.868 e. The summed E-state index contributed by atoms with van der Waals surface area (Å²) in [6.07, 6.45) is 4.64. The summed E-state index contributed by atoms with van der Waals surface area (Å²) in [5, 5.41) is 13.3. The van der Waals surface area contributed by atoms with Crippen LogP contribution in [0.15, 0.2) is 66.5 Å². The molecule has 0 bridgehead atoms. The Labute approximate surface area is 176 Å². The molecule has 0 aliphatic rings. The molecule has 0 fully saturated rings. The predicted octanol–water partition coefficient (Wildman–Crippen LogP) is 1.78. The van der Waals surface area contributed by atoms with Crippen LogP contribution in [-0.2, 0) is 19.1 Å². The Morgan fingerprint density at radius 3 is 2.13 bits per heavy atom. The number of hydrogen-bond acceptors (Lipinski definition) is 6. The van der Waals surface area contributed by atoms with Crippen molar-refractivity contribution in [2.75, 3.05) is 32.2 Å². The number of pyridine rings is 1. The number of esters is 2. The minimum absolute atomic E-state index is 0.0841. The van der Waals surface area contributed by atoms with Crippen molar-refractivity contribution in [2.24, 2.45) is 0 Å². The summed E-state index contributed by atoms with van der Waals surface area (Å²) in [5.74, 6) is -2.06. The van der Waals surface area contributed by atoms with Crippen molar-refractivity contribution >= 4 is 29.1 Å². The Bertz CT molecular complexity index is 929. The largest absolute Gasteiger partial charge is 0.868 e. The van der Waals surface area contributed by atoms with Gasteiger partial charge >= 0.3 is 11.9 Å². The van der Waals surface area contributed by atoms with Crippen molar-refractivity contribution in [3.8, 4) is 0 Å². The maximum atomic E-state index is 13.3. The van der Waals surface area contributed by atoms with Gasteiger partial charge in [-0.1, -0.05) is 30.3 Å². The molecule has 0 saturated heterocycles. The topological polar surface area (TPSA) is 82.8 Å². The highest BCUT2D eigenvalue weighted by Gasteiger charge is 2.24. The van der Waals surface area contributed by atoms with E-state index in [2.05, 4.69) is 0 Å². The van der Waals surface area contributed by atoms with Crippen molar-refractivity contribution in [1.82, 2.24) is 0 Å². The summed E-state index contributed by atoms with van der Waals surface area (Å²) in [4.78, 5) is 26.7. The number of hydrogen-bond donors (Lipinski definition) is 0. The molecule has 0 spiro atoms. The molecule has 0 aliphatic heterocycles. The molecular weight excluding hydrogens is 384 g/mol. The molecule has 0 N–H and O–H groups in total. The Morgan fingerprint density at radius 1 is 1.00 bits per heavy atom. The summed E-state index contributed by atoms with van der Waals surface area (Å²) in [7, 11) is 3.74. The fourth-order valence-electron chi connectivity index (χ4n) is 2.63. The Morgan fingerprint density at radius 2 is 1.60 bits per heavy atom. The molecule has 7 nitrogen and oxygen atoms in total. The normalized spacial score (nSPS) is 11.2. The van der Waals surface area contributed by atoms with E-state index in [4.69, 9.17) is 9.47 Å². The van der Waals surface area contributed by atoms with Gasteiger partial charge in [0, 0.05) is 26.2 Å². The summed E-state index contributed by atoms with van der Waals surface area (Å²) >= 11 is 0. The second-order valence-corrected chi connectivity index (χ2v) is 6.44. The minimum atomic E-state index is -0.848. The zero-order chi connectivity index (χ0) is 22.1. The van der Waals surface area contributed by atoms with Crippen LogP contribution in [0.1, 0.15) is 19.4 Å². The second kappa shape index (κ2) is 10.8. The smallest absolute Gasteiger partial charge is 0.345 e. The fourth-order valence-corrected chi connectivity index (χ4v) is 2.63. The van der Waals surface area contributed by atoms with E-state index in [1.54, 1.807) is 67.2 Å². The summed E-state index contributed by atoms with van der Waals surface area (Å²) < 4.78 is 11.6. The molecule has 7 heteroatoms. The summed E-state index contributed by atoms with van der Waals surface area (Å²) in [6, 6.07) is 12.3. The Hall–Kier alpha value is -3.61. The number of allylic oxidation sites excluding steroid dienone is 2. The average molecular weight is 410 g/mol. The van der Waals surface area contributed by atoms with E-state index < -0.39 is 11.9 Å². The second-order valence-electron chi connectivity index (χ2n) is 6.44. The van der Waals surface area contributed by atoms with Crippen molar-refractivity contribution in [3.63, 3.8) is 0 Å². The molecule has 2 rings (SSSR count). The Kier molecular flexibility index (Phi) is 8.17. The molecule has 0 unspecified atom stereocenters. The van der Waals surface area contributed by atoms with Crippen LogP contribution in [-0.4, -0.2) is 39.2 Å². The number of ether oxygens (including phenoxy) is 2. The first-order valence-corrected chi connectivity index (χ1v) is 9.60. The third kappa shape index (κ3) is 5.70. The van der Waals surface area contributed by atoms with Crippen LogP contribution in [0.2, 0.25) is 0 Å². The predicted molar refractivity (Wildman–Crippen MR) is 112 cm³/mol. The van der Waals surface area contributed by atoms with E-state index in [-0.39, 0.29) is 30.2 Å². The number of nitrogens with zero attached hydrogens (tertiary/aromatic N) is 2. The van der Waals surface area contributed by atoms with Gasteiger partial charge in [-0.2, -0.15) is 4.57 Å². The first-order chi connectivity index (χ1) is 14.4. The van der Waals surface area contributed by atoms with Gasteiger partial charge in [0.15, 0.2) is 18.0 Å². The number of anilines is 1. The van der Waals surface area contributed by atoms with Gasteiger partial charge < -0.3 is 19.5 Å². The van der Waals surface area contributed by atoms with Gasteiger partial charge in [0.2, 0.25) is 5.70 Å². The van der Waals surface area contributed by atoms with E-state index >= 15 is 0 Å². The highest BCUT2D eigenvalue weighted by molar-refractivity contribution is 6.15.